The molecule has 0 bridgehead atoms. The van der Waals surface area contributed by atoms with Gasteiger partial charge in [-0.1, -0.05) is 18.2 Å². The fourth-order valence-electron chi connectivity index (χ4n) is 2.49. The number of benzene rings is 2. The lowest BCUT2D eigenvalue weighted by atomic mass is 10.0. The van der Waals surface area contributed by atoms with E-state index in [4.69, 9.17) is 9.47 Å². The average molecular weight is 392 g/mol. The molecule has 0 heterocycles. The molecular formula is C18H20N2O6S. The quantitative estimate of drug-likeness (QED) is 0.499. The molecule has 0 saturated carbocycles. The van der Waals surface area contributed by atoms with E-state index in [1.54, 1.807) is 37.3 Å². The molecule has 0 spiro atoms. The first-order valence-electron chi connectivity index (χ1n) is 7.89. The summed E-state index contributed by atoms with van der Waals surface area (Å²) in [6.07, 6.45) is 1.39. The lowest BCUT2D eigenvalue weighted by molar-refractivity contribution is -0.109. The van der Waals surface area contributed by atoms with E-state index >= 15 is 0 Å². The SMILES string of the molecule is COc1cc(NS(C)(=O)=O)c(Oc2ccccc2)c(C(=O)CNC=O)c1C. The monoisotopic (exact) mass is 392 g/mol. The number of para-hydroxylation sites is 1. The number of carbonyl (C=O) groups excluding carboxylic acids is 2. The van der Waals surface area contributed by atoms with Crippen molar-refractivity contribution in [2.45, 2.75) is 6.92 Å². The van der Waals surface area contributed by atoms with Crippen molar-refractivity contribution in [3.63, 3.8) is 0 Å². The Morgan fingerprint density at radius 1 is 1.22 bits per heavy atom. The highest BCUT2D eigenvalue weighted by atomic mass is 32.2. The van der Waals surface area contributed by atoms with Crippen LogP contribution in [0.25, 0.3) is 0 Å². The number of amides is 1. The summed E-state index contributed by atoms with van der Waals surface area (Å²) in [7, 11) is -2.25. The third-order valence-corrected chi connectivity index (χ3v) is 4.19. The number of hydrogen-bond acceptors (Lipinski definition) is 6. The Hall–Kier alpha value is -3.07. The van der Waals surface area contributed by atoms with Gasteiger partial charge in [0, 0.05) is 11.6 Å². The van der Waals surface area contributed by atoms with Crippen molar-refractivity contribution in [1.82, 2.24) is 5.32 Å². The van der Waals surface area contributed by atoms with Crippen molar-refractivity contribution in [1.29, 1.82) is 0 Å². The fourth-order valence-corrected chi connectivity index (χ4v) is 3.04. The van der Waals surface area contributed by atoms with Gasteiger partial charge >= 0.3 is 0 Å². The highest BCUT2D eigenvalue weighted by Crippen LogP contribution is 2.40. The van der Waals surface area contributed by atoms with Gasteiger partial charge in [0.15, 0.2) is 11.5 Å². The minimum Gasteiger partial charge on any atom is -0.496 e. The Morgan fingerprint density at radius 3 is 2.44 bits per heavy atom. The molecule has 0 aliphatic heterocycles. The molecule has 1 amide bonds. The second-order valence-electron chi connectivity index (χ2n) is 5.67. The number of Topliss-reactive ketones (excluding diaryl/α,β-unsaturated/α-hetero) is 1. The number of ketones is 1. The Bertz CT molecular complexity index is 942. The van der Waals surface area contributed by atoms with Crippen LogP contribution in [0.4, 0.5) is 5.69 Å². The zero-order valence-corrected chi connectivity index (χ0v) is 15.9. The van der Waals surface area contributed by atoms with Crippen LogP contribution in [0.5, 0.6) is 17.2 Å². The second kappa shape index (κ2) is 8.54. The molecule has 2 rings (SSSR count). The highest BCUT2D eigenvalue weighted by Gasteiger charge is 2.25. The molecule has 0 unspecified atom stereocenters. The number of rotatable bonds is 9. The van der Waals surface area contributed by atoms with E-state index in [1.165, 1.54) is 13.2 Å². The minimum absolute atomic E-state index is 0.0302. The average Bonchev–Trinajstić information content (AvgIpc) is 2.61. The number of hydrogen-bond donors (Lipinski definition) is 2. The first kappa shape index (κ1) is 20.2. The second-order valence-corrected chi connectivity index (χ2v) is 7.42. The predicted molar refractivity (Wildman–Crippen MR) is 101 cm³/mol. The van der Waals surface area contributed by atoms with E-state index in [0.717, 1.165) is 6.26 Å². The van der Waals surface area contributed by atoms with Crippen LogP contribution in [0.3, 0.4) is 0 Å². The zero-order valence-electron chi connectivity index (χ0n) is 15.1. The molecule has 8 nitrogen and oxygen atoms in total. The van der Waals surface area contributed by atoms with Gasteiger partial charge in [-0.3, -0.25) is 14.3 Å². The van der Waals surface area contributed by atoms with Gasteiger partial charge in [0.25, 0.3) is 0 Å². The summed E-state index contributed by atoms with van der Waals surface area (Å²) < 4.78 is 37.0. The number of ether oxygens (including phenoxy) is 2. The van der Waals surface area contributed by atoms with Crippen LogP contribution in [0, 0.1) is 6.92 Å². The molecule has 27 heavy (non-hydrogen) atoms. The Balaban J connectivity index is 2.70. The van der Waals surface area contributed by atoms with E-state index < -0.39 is 15.8 Å². The molecule has 0 radical (unpaired) electrons. The van der Waals surface area contributed by atoms with E-state index in [1.807, 2.05) is 0 Å². The fraction of sp³-hybridized carbons (Fsp3) is 0.222. The van der Waals surface area contributed by atoms with Crippen molar-refractivity contribution >= 4 is 27.9 Å². The standard InChI is InChI=1S/C18H20N2O6S/c1-12-16(25-2)9-14(20-27(3,23)24)18(17(12)15(22)10-19-11-21)26-13-7-5-4-6-8-13/h4-9,11,20H,10H2,1-3H3,(H,19,21). The van der Waals surface area contributed by atoms with Crippen LogP contribution in [0.1, 0.15) is 15.9 Å². The maximum atomic E-state index is 12.7. The smallest absolute Gasteiger partial charge is 0.229 e. The zero-order chi connectivity index (χ0) is 20.0. The summed E-state index contributed by atoms with van der Waals surface area (Å²) in [4.78, 5) is 23.3. The Kier molecular flexibility index (Phi) is 6.40. The minimum atomic E-state index is -3.66. The van der Waals surface area contributed by atoms with Crippen molar-refractivity contribution in [3.05, 3.63) is 47.5 Å². The molecule has 9 heteroatoms. The summed E-state index contributed by atoms with van der Waals surface area (Å²) >= 11 is 0. The van der Waals surface area contributed by atoms with Crippen molar-refractivity contribution < 1.29 is 27.5 Å². The number of methoxy groups -OCH3 is 1. The molecule has 0 aliphatic carbocycles. The lowest BCUT2D eigenvalue weighted by Gasteiger charge is -2.20. The van der Waals surface area contributed by atoms with E-state index in [9.17, 15) is 18.0 Å². The van der Waals surface area contributed by atoms with Crippen molar-refractivity contribution in [3.8, 4) is 17.2 Å². The lowest BCUT2D eigenvalue weighted by Crippen LogP contribution is -2.23. The first-order chi connectivity index (χ1) is 12.8. The van der Waals surface area contributed by atoms with Gasteiger partial charge in [0.2, 0.25) is 16.4 Å². The molecule has 144 valence electrons. The van der Waals surface area contributed by atoms with Gasteiger partial charge in [-0.25, -0.2) is 8.42 Å². The normalized spacial score (nSPS) is 10.8. The summed E-state index contributed by atoms with van der Waals surface area (Å²) in [6, 6.07) is 10.1. The van der Waals surface area contributed by atoms with Crippen LogP contribution in [0.2, 0.25) is 0 Å². The third kappa shape index (κ3) is 5.20. The first-order valence-corrected chi connectivity index (χ1v) is 9.78. The van der Waals surface area contributed by atoms with Gasteiger partial charge in [0.1, 0.15) is 11.5 Å². The van der Waals surface area contributed by atoms with Gasteiger partial charge in [-0.2, -0.15) is 0 Å². The molecule has 0 atom stereocenters. The van der Waals surface area contributed by atoms with Crippen LogP contribution in [-0.2, 0) is 14.8 Å². The maximum Gasteiger partial charge on any atom is 0.229 e. The molecular weight excluding hydrogens is 372 g/mol. The van der Waals surface area contributed by atoms with E-state index in [0.29, 0.717) is 23.5 Å². The topological polar surface area (TPSA) is 111 Å². The van der Waals surface area contributed by atoms with Crippen LogP contribution in [-0.4, -0.2) is 40.5 Å². The van der Waals surface area contributed by atoms with Gasteiger partial charge < -0.3 is 14.8 Å². The number of sulfonamides is 1. The highest BCUT2D eigenvalue weighted by molar-refractivity contribution is 7.92. The van der Waals surface area contributed by atoms with Gasteiger partial charge in [-0.15, -0.1) is 0 Å². The van der Waals surface area contributed by atoms with E-state index in [2.05, 4.69) is 10.0 Å². The Morgan fingerprint density at radius 2 is 1.89 bits per heavy atom. The molecule has 2 aromatic rings. The molecule has 0 aromatic heterocycles. The third-order valence-electron chi connectivity index (χ3n) is 3.59. The van der Waals surface area contributed by atoms with Crippen LogP contribution >= 0.6 is 0 Å². The number of carbonyl (C=O) groups is 2. The summed E-state index contributed by atoms with van der Waals surface area (Å²) in [5, 5.41) is 2.30. The van der Waals surface area contributed by atoms with Crippen molar-refractivity contribution in [2.24, 2.45) is 0 Å². The summed E-state index contributed by atoms with van der Waals surface area (Å²) in [5.74, 6) is 0.288. The predicted octanol–water partition coefficient (Wildman–Crippen LogP) is 2.10. The molecule has 0 fully saturated rings. The molecule has 0 aliphatic rings. The van der Waals surface area contributed by atoms with Crippen molar-refractivity contribution in [2.75, 3.05) is 24.6 Å². The summed E-state index contributed by atoms with van der Waals surface area (Å²) in [6.45, 7) is 1.37. The summed E-state index contributed by atoms with van der Waals surface area (Å²) in [5.41, 5.74) is 0.622. The largest absolute Gasteiger partial charge is 0.496 e. The maximum absolute atomic E-state index is 12.7. The van der Waals surface area contributed by atoms with Crippen LogP contribution in [0.15, 0.2) is 36.4 Å². The van der Waals surface area contributed by atoms with Gasteiger partial charge in [-0.05, 0) is 19.1 Å². The Labute approximate surface area is 157 Å². The van der Waals surface area contributed by atoms with E-state index in [-0.39, 0.29) is 23.5 Å². The van der Waals surface area contributed by atoms with Crippen LogP contribution < -0.4 is 19.5 Å². The number of nitrogens with one attached hydrogen (secondary N) is 2. The molecule has 0 saturated heterocycles. The molecule has 2 N–H and O–H groups in total. The van der Waals surface area contributed by atoms with Gasteiger partial charge in [0.05, 0.1) is 31.2 Å². The number of anilines is 1. The molecule has 2 aromatic carbocycles.